The fourth-order valence-electron chi connectivity index (χ4n) is 3.25. The summed E-state index contributed by atoms with van der Waals surface area (Å²) in [5.41, 5.74) is 3.83. The highest BCUT2D eigenvalue weighted by atomic mass is 16.5. The van der Waals surface area contributed by atoms with Gasteiger partial charge in [0.15, 0.2) is 0 Å². The van der Waals surface area contributed by atoms with Crippen molar-refractivity contribution in [3.05, 3.63) is 82.3 Å². The molecule has 0 saturated carbocycles. The van der Waals surface area contributed by atoms with E-state index in [0.717, 1.165) is 16.7 Å². The Balaban J connectivity index is 1.76. The van der Waals surface area contributed by atoms with Crippen molar-refractivity contribution in [3.8, 4) is 22.6 Å². The summed E-state index contributed by atoms with van der Waals surface area (Å²) >= 11 is 0. The minimum absolute atomic E-state index is 0.181. The van der Waals surface area contributed by atoms with E-state index in [2.05, 4.69) is 15.0 Å². The molecule has 4 rings (SSSR count). The van der Waals surface area contributed by atoms with E-state index < -0.39 is 5.97 Å². The fraction of sp³-hybridized carbons (Fsp3) is 0.130. The summed E-state index contributed by atoms with van der Waals surface area (Å²) in [6, 6.07) is 16.4. The first kappa shape index (κ1) is 18.6. The standard InChI is InChI=1S/C23H19N3O3/c1-3-29-23(28)19-14(2)12-13-24-20(19)15-8-10-16(11-9-15)21-25-18-7-5-4-6-17(18)22(27)26-21/h4-13H,3H2,1-2H3,(H,25,26,27). The molecule has 0 amide bonds. The molecule has 29 heavy (non-hydrogen) atoms. The third kappa shape index (κ3) is 3.52. The Morgan fingerprint density at radius 2 is 1.76 bits per heavy atom. The molecule has 0 bridgehead atoms. The average Bonchev–Trinajstić information content (AvgIpc) is 2.74. The minimum atomic E-state index is -0.391. The van der Waals surface area contributed by atoms with Crippen molar-refractivity contribution in [3.63, 3.8) is 0 Å². The lowest BCUT2D eigenvalue weighted by atomic mass is 10.0. The number of hydrogen-bond donors (Lipinski definition) is 1. The maximum atomic E-state index is 12.4. The Morgan fingerprint density at radius 1 is 1.03 bits per heavy atom. The molecule has 0 atom stereocenters. The van der Waals surface area contributed by atoms with Crippen LogP contribution in [0.2, 0.25) is 0 Å². The summed E-state index contributed by atoms with van der Waals surface area (Å²) < 4.78 is 5.19. The van der Waals surface area contributed by atoms with Gasteiger partial charge in [-0.25, -0.2) is 9.78 Å². The lowest BCUT2D eigenvalue weighted by molar-refractivity contribution is 0.0526. The number of H-pyrrole nitrogens is 1. The molecule has 6 heteroatoms. The van der Waals surface area contributed by atoms with Crippen LogP contribution < -0.4 is 5.56 Å². The van der Waals surface area contributed by atoms with E-state index in [1.54, 1.807) is 25.3 Å². The van der Waals surface area contributed by atoms with Crippen molar-refractivity contribution >= 4 is 16.9 Å². The van der Waals surface area contributed by atoms with Crippen LogP contribution in [0.4, 0.5) is 0 Å². The number of fused-ring (bicyclic) bond motifs is 1. The zero-order chi connectivity index (χ0) is 20.4. The summed E-state index contributed by atoms with van der Waals surface area (Å²) in [7, 11) is 0. The van der Waals surface area contributed by atoms with Crippen molar-refractivity contribution in [2.24, 2.45) is 0 Å². The van der Waals surface area contributed by atoms with Gasteiger partial charge in [-0.2, -0.15) is 0 Å². The van der Waals surface area contributed by atoms with Crippen LogP contribution in [0.1, 0.15) is 22.8 Å². The van der Waals surface area contributed by atoms with Crippen LogP contribution in [-0.4, -0.2) is 27.5 Å². The predicted molar refractivity (Wildman–Crippen MR) is 112 cm³/mol. The topological polar surface area (TPSA) is 84.9 Å². The highest BCUT2D eigenvalue weighted by Crippen LogP contribution is 2.27. The molecular formula is C23H19N3O3. The maximum Gasteiger partial charge on any atom is 0.340 e. The first-order valence-electron chi connectivity index (χ1n) is 9.31. The molecule has 1 N–H and O–H groups in total. The molecule has 6 nitrogen and oxygen atoms in total. The average molecular weight is 385 g/mol. The van der Waals surface area contributed by atoms with Crippen LogP contribution in [0.15, 0.2) is 65.6 Å². The molecule has 2 aromatic heterocycles. The third-order valence-electron chi connectivity index (χ3n) is 4.68. The van der Waals surface area contributed by atoms with Crippen LogP contribution in [0, 0.1) is 6.92 Å². The second-order valence-electron chi connectivity index (χ2n) is 6.58. The maximum absolute atomic E-state index is 12.4. The first-order valence-corrected chi connectivity index (χ1v) is 9.31. The van der Waals surface area contributed by atoms with Gasteiger partial charge in [0, 0.05) is 17.3 Å². The number of para-hydroxylation sites is 1. The summed E-state index contributed by atoms with van der Waals surface area (Å²) in [4.78, 5) is 36.5. The molecular weight excluding hydrogens is 366 g/mol. The zero-order valence-electron chi connectivity index (χ0n) is 16.1. The number of carbonyl (C=O) groups is 1. The monoisotopic (exact) mass is 385 g/mol. The molecule has 0 radical (unpaired) electrons. The van der Waals surface area contributed by atoms with E-state index in [1.807, 2.05) is 49.4 Å². The highest BCUT2D eigenvalue weighted by molar-refractivity contribution is 5.97. The van der Waals surface area contributed by atoms with E-state index in [1.165, 1.54) is 0 Å². The lowest BCUT2D eigenvalue weighted by Gasteiger charge is -2.11. The van der Waals surface area contributed by atoms with Gasteiger partial charge in [0.1, 0.15) is 5.82 Å². The predicted octanol–water partition coefficient (Wildman–Crippen LogP) is 4.14. The summed E-state index contributed by atoms with van der Waals surface area (Å²) in [5.74, 6) is 0.0979. The number of pyridine rings is 1. The zero-order valence-corrected chi connectivity index (χ0v) is 16.1. The molecule has 0 saturated heterocycles. The number of aromatic nitrogens is 3. The van der Waals surface area contributed by atoms with Gasteiger partial charge >= 0.3 is 5.97 Å². The van der Waals surface area contributed by atoms with Gasteiger partial charge in [0.2, 0.25) is 0 Å². The quantitative estimate of drug-likeness (QED) is 0.534. The molecule has 0 spiro atoms. The smallest absolute Gasteiger partial charge is 0.340 e. The molecule has 144 valence electrons. The summed E-state index contributed by atoms with van der Waals surface area (Å²) in [6.45, 7) is 3.93. The number of aryl methyl sites for hydroxylation is 1. The number of esters is 1. The van der Waals surface area contributed by atoms with Gasteiger partial charge in [-0.15, -0.1) is 0 Å². The van der Waals surface area contributed by atoms with E-state index in [4.69, 9.17) is 4.74 Å². The van der Waals surface area contributed by atoms with E-state index >= 15 is 0 Å². The minimum Gasteiger partial charge on any atom is -0.462 e. The van der Waals surface area contributed by atoms with Crippen molar-refractivity contribution in [1.82, 2.24) is 15.0 Å². The number of ether oxygens (including phenoxy) is 1. The van der Waals surface area contributed by atoms with Crippen LogP contribution in [0.25, 0.3) is 33.5 Å². The first-order chi connectivity index (χ1) is 14.1. The van der Waals surface area contributed by atoms with Crippen LogP contribution in [0.3, 0.4) is 0 Å². The molecule has 2 heterocycles. The van der Waals surface area contributed by atoms with E-state index in [0.29, 0.717) is 34.6 Å². The highest BCUT2D eigenvalue weighted by Gasteiger charge is 2.18. The Hall–Kier alpha value is -3.80. The largest absolute Gasteiger partial charge is 0.462 e. The molecule has 0 fully saturated rings. The number of nitrogens with one attached hydrogen (secondary N) is 1. The number of rotatable bonds is 4. The van der Waals surface area contributed by atoms with E-state index in [-0.39, 0.29) is 5.56 Å². The van der Waals surface area contributed by atoms with Gasteiger partial charge in [-0.3, -0.25) is 9.78 Å². The molecule has 0 unspecified atom stereocenters. The summed E-state index contributed by atoms with van der Waals surface area (Å²) in [6.07, 6.45) is 1.67. The molecule has 0 aliphatic carbocycles. The van der Waals surface area contributed by atoms with Gasteiger partial charge in [0.05, 0.1) is 28.8 Å². The van der Waals surface area contributed by atoms with Crippen molar-refractivity contribution in [2.75, 3.05) is 6.61 Å². The third-order valence-corrected chi connectivity index (χ3v) is 4.68. The lowest BCUT2D eigenvalue weighted by Crippen LogP contribution is -2.10. The second-order valence-corrected chi connectivity index (χ2v) is 6.58. The number of hydrogen-bond acceptors (Lipinski definition) is 5. The second kappa shape index (κ2) is 7.67. The summed E-state index contributed by atoms with van der Waals surface area (Å²) in [5, 5.41) is 0.552. The fourth-order valence-corrected chi connectivity index (χ4v) is 3.25. The van der Waals surface area contributed by atoms with Gasteiger partial charge in [-0.1, -0.05) is 36.4 Å². The Bertz CT molecular complexity index is 1260. The van der Waals surface area contributed by atoms with Crippen LogP contribution in [0.5, 0.6) is 0 Å². The molecule has 0 aliphatic heterocycles. The number of nitrogens with zero attached hydrogens (tertiary/aromatic N) is 2. The van der Waals surface area contributed by atoms with Crippen LogP contribution in [-0.2, 0) is 4.74 Å². The molecule has 4 aromatic rings. The number of aromatic amines is 1. The number of benzene rings is 2. The van der Waals surface area contributed by atoms with Crippen molar-refractivity contribution in [1.29, 1.82) is 0 Å². The Morgan fingerprint density at radius 3 is 2.52 bits per heavy atom. The SMILES string of the molecule is CCOC(=O)c1c(C)ccnc1-c1ccc(-c2nc3ccccc3c(=O)[nH]2)cc1. The molecule has 2 aromatic carbocycles. The van der Waals surface area contributed by atoms with Gasteiger partial charge in [-0.05, 0) is 37.6 Å². The number of carbonyl (C=O) groups excluding carboxylic acids is 1. The Labute approximate surface area is 167 Å². The van der Waals surface area contributed by atoms with E-state index in [9.17, 15) is 9.59 Å². The van der Waals surface area contributed by atoms with Crippen molar-refractivity contribution < 1.29 is 9.53 Å². The van der Waals surface area contributed by atoms with Gasteiger partial charge < -0.3 is 9.72 Å². The van der Waals surface area contributed by atoms with Crippen LogP contribution >= 0.6 is 0 Å². The molecule has 0 aliphatic rings. The normalized spacial score (nSPS) is 10.8. The van der Waals surface area contributed by atoms with Gasteiger partial charge in [0.25, 0.3) is 5.56 Å². The Kier molecular flexibility index (Phi) is 4.91. The van der Waals surface area contributed by atoms with Crippen molar-refractivity contribution in [2.45, 2.75) is 13.8 Å².